The van der Waals surface area contributed by atoms with E-state index in [4.69, 9.17) is 0 Å². The SMILES string of the molecule is CCCS(=O)(=O)N1CCc2ncncc2C1. The molecule has 5 nitrogen and oxygen atoms in total. The fourth-order valence-electron chi connectivity index (χ4n) is 1.87. The van der Waals surface area contributed by atoms with Crippen molar-refractivity contribution in [3.8, 4) is 0 Å². The van der Waals surface area contributed by atoms with Crippen molar-refractivity contribution in [2.24, 2.45) is 0 Å². The van der Waals surface area contributed by atoms with E-state index in [0.29, 0.717) is 25.9 Å². The fourth-order valence-corrected chi connectivity index (χ4v) is 3.34. The van der Waals surface area contributed by atoms with Crippen LogP contribution in [0.1, 0.15) is 24.6 Å². The van der Waals surface area contributed by atoms with Crippen LogP contribution in [0.3, 0.4) is 0 Å². The van der Waals surface area contributed by atoms with E-state index < -0.39 is 10.0 Å². The van der Waals surface area contributed by atoms with E-state index in [1.165, 1.54) is 10.6 Å². The lowest BCUT2D eigenvalue weighted by Gasteiger charge is -2.26. The Hall–Kier alpha value is -1.01. The van der Waals surface area contributed by atoms with Crippen LogP contribution in [0.2, 0.25) is 0 Å². The van der Waals surface area contributed by atoms with E-state index in [1.807, 2.05) is 6.92 Å². The molecule has 0 saturated carbocycles. The Bertz CT molecular complexity index is 473. The lowest BCUT2D eigenvalue weighted by atomic mass is 10.1. The second kappa shape index (κ2) is 4.47. The molecule has 1 aromatic rings. The molecule has 1 aliphatic heterocycles. The Morgan fingerprint density at radius 3 is 3.06 bits per heavy atom. The molecule has 1 aliphatic rings. The largest absolute Gasteiger partial charge is 0.244 e. The number of hydrogen-bond acceptors (Lipinski definition) is 4. The number of rotatable bonds is 3. The predicted molar refractivity (Wildman–Crippen MR) is 60.2 cm³/mol. The summed E-state index contributed by atoms with van der Waals surface area (Å²) in [5.74, 6) is 0.218. The first-order chi connectivity index (χ1) is 7.63. The van der Waals surface area contributed by atoms with Gasteiger partial charge in [0, 0.05) is 37.0 Å². The highest BCUT2D eigenvalue weighted by atomic mass is 32.2. The van der Waals surface area contributed by atoms with Crippen molar-refractivity contribution in [2.45, 2.75) is 26.3 Å². The standard InChI is InChI=1S/C10H15N3O2S/c1-2-5-16(14,15)13-4-3-10-9(7-13)6-11-8-12-10/h6,8H,2-5,7H2,1H3. The van der Waals surface area contributed by atoms with Gasteiger partial charge in [0.2, 0.25) is 10.0 Å². The maximum Gasteiger partial charge on any atom is 0.214 e. The lowest BCUT2D eigenvalue weighted by Crippen LogP contribution is -2.37. The Morgan fingerprint density at radius 1 is 1.50 bits per heavy atom. The van der Waals surface area contributed by atoms with Crippen LogP contribution < -0.4 is 0 Å². The van der Waals surface area contributed by atoms with E-state index in [-0.39, 0.29) is 5.75 Å². The highest BCUT2D eigenvalue weighted by Gasteiger charge is 2.26. The van der Waals surface area contributed by atoms with Crippen molar-refractivity contribution in [1.82, 2.24) is 14.3 Å². The molecule has 88 valence electrons. The maximum atomic E-state index is 11.9. The Balaban J connectivity index is 2.20. The summed E-state index contributed by atoms with van der Waals surface area (Å²) in [5, 5.41) is 0. The molecular weight excluding hydrogens is 226 g/mol. The Labute approximate surface area is 95.6 Å². The smallest absolute Gasteiger partial charge is 0.214 e. The third-order valence-corrected chi connectivity index (χ3v) is 4.70. The molecular formula is C10H15N3O2S. The van der Waals surface area contributed by atoms with Crippen molar-refractivity contribution in [2.75, 3.05) is 12.3 Å². The van der Waals surface area contributed by atoms with Gasteiger partial charge in [-0.3, -0.25) is 0 Å². The number of nitrogens with zero attached hydrogens (tertiary/aromatic N) is 3. The summed E-state index contributed by atoms with van der Waals surface area (Å²) in [6.45, 7) is 2.82. The van der Waals surface area contributed by atoms with Gasteiger partial charge < -0.3 is 0 Å². The van der Waals surface area contributed by atoms with Gasteiger partial charge in [0.1, 0.15) is 6.33 Å². The first-order valence-electron chi connectivity index (χ1n) is 5.39. The minimum absolute atomic E-state index is 0.218. The van der Waals surface area contributed by atoms with Crippen molar-refractivity contribution in [3.63, 3.8) is 0 Å². The van der Waals surface area contributed by atoms with Crippen LogP contribution in [0.4, 0.5) is 0 Å². The third kappa shape index (κ3) is 2.22. The molecule has 0 amide bonds. The quantitative estimate of drug-likeness (QED) is 0.776. The normalized spacial score (nSPS) is 17.1. The molecule has 0 aliphatic carbocycles. The zero-order chi connectivity index (χ0) is 11.6. The number of hydrogen-bond donors (Lipinski definition) is 0. The number of sulfonamides is 1. The molecule has 2 heterocycles. The summed E-state index contributed by atoms with van der Waals surface area (Å²) >= 11 is 0. The Kier molecular flexibility index (Phi) is 3.20. The molecule has 0 radical (unpaired) electrons. The predicted octanol–water partition coefficient (Wildman–Crippen LogP) is 0.574. The van der Waals surface area contributed by atoms with Gasteiger partial charge in [-0.15, -0.1) is 0 Å². The highest BCUT2D eigenvalue weighted by Crippen LogP contribution is 2.18. The first kappa shape index (κ1) is 11.5. The molecule has 0 spiro atoms. The van der Waals surface area contributed by atoms with Crippen LogP contribution >= 0.6 is 0 Å². The van der Waals surface area contributed by atoms with Crippen LogP contribution in [-0.2, 0) is 23.0 Å². The van der Waals surface area contributed by atoms with Crippen LogP contribution in [0.15, 0.2) is 12.5 Å². The van der Waals surface area contributed by atoms with E-state index in [2.05, 4.69) is 9.97 Å². The molecule has 2 rings (SSSR count). The first-order valence-corrected chi connectivity index (χ1v) is 7.00. The molecule has 1 aromatic heterocycles. The number of aromatic nitrogens is 2. The summed E-state index contributed by atoms with van der Waals surface area (Å²) in [5.41, 5.74) is 1.89. The van der Waals surface area contributed by atoms with Gasteiger partial charge >= 0.3 is 0 Å². The molecule has 0 bridgehead atoms. The fraction of sp³-hybridized carbons (Fsp3) is 0.600. The summed E-state index contributed by atoms with van der Waals surface area (Å²) in [4.78, 5) is 8.08. The zero-order valence-corrected chi connectivity index (χ0v) is 10.1. The third-order valence-electron chi connectivity index (χ3n) is 2.68. The molecule has 0 fully saturated rings. The lowest BCUT2D eigenvalue weighted by molar-refractivity contribution is 0.386. The maximum absolute atomic E-state index is 11.9. The van der Waals surface area contributed by atoms with Crippen LogP contribution in [0.25, 0.3) is 0 Å². The van der Waals surface area contributed by atoms with Gasteiger partial charge in [-0.25, -0.2) is 18.4 Å². The van der Waals surface area contributed by atoms with Gasteiger partial charge in [-0.1, -0.05) is 6.92 Å². The van der Waals surface area contributed by atoms with Gasteiger partial charge in [0.15, 0.2) is 0 Å². The topological polar surface area (TPSA) is 63.2 Å². The zero-order valence-electron chi connectivity index (χ0n) is 9.26. The minimum atomic E-state index is -3.10. The van der Waals surface area contributed by atoms with E-state index in [9.17, 15) is 8.42 Å². The second-order valence-corrected chi connectivity index (χ2v) is 5.98. The van der Waals surface area contributed by atoms with Gasteiger partial charge in [-0.2, -0.15) is 4.31 Å². The van der Waals surface area contributed by atoms with Gasteiger partial charge in [-0.05, 0) is 6.42 Å². The van der Waals surface area contributed by atoms with Crippen molar-refractivity contribution in [3.05, 3.63) is 23.8 Å². The van der Waals surface area contributed by atoms with Crippen LogP contribution in [-0.4, -0.2) is 35.0 Å². The summed E-state index contributed by atoms with van der Waals surface area (Å²) in [7, 11) is -3.10. The summed E-state index contributed by atoms with van der Waals surface area (Å²) in [6, 6.07) is 0. The average Bonchev–Trinajstić information content (AvgIpc) is 2.28. The molecule has 0 saturated heterocycles. The van der Waals surface area contributed by atoms with E-state index >= 15 is 0 Å². The van der Waals surface area contributed by atoms with Gasteiger partial charge in [0.05, 0.1) is 5.75 Å². The Morgan fingerprint density at radius 2 is 2.31 bits per heavy atom. The van der Waals surface area contributed by atoms with Crippen molar-refractivity contribution in [1.29, 1.82) is 0 Å². The summed E-state index contributed by atoms with van der Waals surface area (Å²) in [6.07, 6.45) is 4.54. The molecule has 0 N–H and O–H groups in total. The van der Waals surface area contributed by atoms with E-state index in [0.717, 1.165) is 11.3 Å². The monoisotopic (exact) mass is 241 g/mol. The highest BCUT2D eigenvalue weighted by molar-refractivity contribution is 7.89. The molecule has 0 unspecified atom stereocenters. The molecule has 0 atom stereocenters. The number of fused-ring (bicyclic) bond motifs is 1. The molecule has 0 aromatic carbocycles. The average molecular weight is 241 g/mol. The van der Waals surface area contributed by atoms with E-state index in [1.54, 1.807) is 6.20 Å². The molecule has 6 heteroatoms. The van der Waals surface area contributed by atoms with Gasteiger partial charge in [0.25, 0.3) is 0 Å². The minimum Gasteiger partial charge on any atom is -0.244 e. The second-order valence-electron chi connectivity index (χ2n) is 3.89. The molecule has 16 heavy (non-hydrogen) atoms. The van der Waals surface area contributed by atoms with Crippen LogP contribution in [0, 0.1) is 0 Å². The van der Waals surface area contributed by atoms with Crippen LogP contribution in [0.5, 0.6) is 0 Å². The summed E-state index contributed by atoms with van der Waals surface area (Å²) < 4.78 is 25.3. The van der Waals surface area contributed by atoms with Crippen molar-refractivity contribution < 1.29 is 8.42 Å². The van der Waals surface area contributed by atoms with Crippen molar-refractivity contribution >= 4 is 10.0 Å².